The average molecular weight is 458 g/mol. The number of nitrogens with zero attached hydrogens (tertiary/aromatic N) is 1. The molecule has 0 unspecified atom stereocenters. The monoisotopic (exact) mass is 458 g/mol. The Morgan fingerprint density at radius 1 is 0.970 bits per heavy atom. The second kappa shape index (κ2) is 9.35. The van der Waals surface area contributed by atoms with Crippen LogP contribution in [0.2, 0.25) is 0 Å². The van der Waals surface area contributed by atoms with E-state index in [4.69, 9.17) is 24.7 Å². The third-order valence-corrected chi connectivity index (χ3v) is 5.37. The number of carbonyl (C=O) groups excluding carboxylic acids is 4. The summed E-state index contributed by atoms with van der Waals surface area (Å²) in [5, 5.41) is 0. The molecule has 0 fully saturated rings. The Kier molecular flexibility index (Phi) is 6.75. The van der Waals surface area contributed by atoms with Crippen LogP contribution in [0, 0.1) is 0 Å². The largest absolute Gasteiger partial charge is 0.466 e. The Balaban J connectivity index is 2.41. The van der Waals surface area contributed by atoms with Crippen LogP contribution in [0.1, 0.15) is 32.8 Å². The molecule has 10 heteroatoms. The molecule has 0 radical (unpaired) electrons. The van der Waals surface area contributed by atoms with Crippen LogP contribution in [0.5, 0.6) is 0 Å². The van der Waals surface area contributed by atoms with Crippen LogP contribution in [-0.2, 0) is 43.5 Å². The summed E-state index contributed by atoms with van der Waals surface area (Å²) in [6.45, 7) is 4.87. The van der Waals surface area contributed by atoms with Crippen LogP contribution >= 0.6 is 0 Å². The number of hydrogen-bond donors (Lipinski definition) is 1. The molecule has 2 aliphatic rings. The number of fused-ring (bicyclic) bond motifs is 2. The summed E-state index contributed by atoms with van der Waals surface area (Å²) in [5.41, 5.74) is 4.25. The molecular formula is C23H26N2O8. The molecule has 3 rings (SSSR count). The lowest BCUT2D eigenvalue weighted by atomic mass is 9.67. The fraction of sp³-hybridized carbons (Fsp3) is 0.391. The van der Waals surface area contributed by atoms with E-state index in [2.05, 4.69) is 0 Å². The third kappa shape index (κ3) is 3.71. The molecule has 1 amide bonds. The number of para-hydroxylation sites is 1. The smallest absolute Gasteiger partial charge is 0.341 e. The van der Waals surface area contributed by atoms with Crippen molar-refractivity contribution in [3.05, 3.63) is 52.6 Å². The van der Waals surface area contributed by atoms with Crippen LogP contribution in [-0.4, -0.2) is 50.7 Å². The van der Waals surface area contributed by atoms with Crippen LogP contribution < -0.4 is 10.6 Å². The summed E-state index contributed by atoms with van der Waals surface area (Å²) in [4.78, 5) is 54.0. The summed E-state index contributed by atoms with van der Waals surface area (Å²) in [7, 11) is 1.51. The van der Waals surface area contributed by atoms with Gasteiger partial charge in [-0.2, -0.15) is 0 Å². The highest BCUT2D eigenvalue weighted by atomic mass is 16.6. The average Bonchev–Trinajstić information content (AvgIpc) is 2.97. The van der Waals surface area contributed by atoms with Crippen molar-refractivity contribution < 1.29 is 38.1 Å². The molecule has 0 aliphatic carbocycles. The maximum atomic E-state index is 13.9. The molecule has 0 saturated carbocycles. The maximum Gasteiger partial charge on any atom is 0.341 e. The van der Waals surface area contributed by atoms with E-state index in [1.165, 1.54) is 11.9 Å². The fourth-order valence-corrected chi connectivity index (χ4v) is 4.19. The number of benzene rings is 1. The Hall–Kier alpha value is -3.82. The summed E-state index contributed by atoms with van der Waals surface area (Å²) < 4.78 is 21.0. The SMILES string of the molecule is CCOC(=O)CC1=C(C(=O)OCC)[C@@]2(C(=O)N(C)c3ccccc32)C(C(=O)OCC)=C(N)O1. The van der Waals surface area contributed by atoms with E-state index in [1.54, 1.807) is 45.0 Å². The standard InChI is InChI=1S/C23H26N2O8/c1-5-30-16(26)12-15-17(20(27)31-6-2)23(18(19(24)33-15)21(28)32-7-3)13-10-8-9-11-14(13)25(4)22(23)29/h8-11H,5-7,12,24H2,1-4H3/t23-/m1/s1. The van der Waals surface area contributed by atoms with Gasteiger partial charge < -0.3 is 29.6 Å². The van der Waals surface area contributed by atoms with Gasteiger partial charge in [0, 0.05) is 18.3 Å². The minimum absolute atomic E-state index is 0.00843. The molecule has 1 aromatic carbocycles. The van der Waals surface area contributed by atoms with Gasteiger partial charge in [0.05, 0.1) is 19.8 Å². The van der Waals surface area contributed by atoms with Crippen molar-refractivity contribution in [3.63, 3.8) is 0 Å². The maximum absolute atomic E-state index is 13.9. The zero-order chi connectivity index (χ0) is 24.3. The number of amides is 1. The molecule has 33 heavy (non-hydrogen) atoms. The zero-order valence-corrected chi connectivity index (χ0v) is 18.9. The first-order valence-electron chi connectivity index (χ1n) is 10.5. The van der Waals surface area contributed by atoms with Crippen LogP contribution in [0.4, 0.5) is 5.69 Å². The van der Waals surface area contributed by atoms with E-state index in [1.807, 2.05) is 0 Å². The Morgan fingerprint density at radius 3 is 2.15 bits per heavy atom. The molecule has 1 atom stereocenters. The number of esters is 3. The van der Waals surface area contributed by atoms with E-state index >= 15 is 0 Å². The van der Waals surface area contributed by atoms with Gasteiger partial charge in [0.1, 0.15) is 28.7 Å². The molecule has 176 valence electrons. The number of ether oxygens (including phenoxy) is 4. The number of rotatable bonds is 7. The van der Waals surface area contributed by atoms with Gasteiger partial charge in [-0.15, -0.1) is 0 Å². The highest BCUT2D eigenvalue weighted by molar-refractivity contribution is 6.22. The molecule has 2 aliphatic heterocycles. The van der Waals surface area contributed by atoms with Crippen LogP contribution in [0.3, 0.4) is 0 Å². The van der Waals surface area contributed by atoms with Crippen molar-refractivity contribution in [1.82, 2.24) is 0 Å². The lowest BCUT2D eigenvalue weighted by Crippen LogP contribution is -2.50. The minimum atomic E-state index is -2.02. The number of likely N-dealkylation sites (N-methyl/N-ethyl adjacent to an activating group) is 1. The molecule has 1 aromatic rings. The summed E-state index contributed by atoms with van der Waals surface area (Å²) >= 11 is 0. The third-order valence-electron chi connectivity index (χ3n) is 5.37. The fourth-order valence-electron chi connectivity index (χ4n) is 4.19. The predicted octanol–water partition coefficient (Wildman–Crippen LogP) is 1.43. The van der Waals surface area contributed by atoms with E-state index in [-0.39, 0.29) is 36.7 Å². The van der Waals surface area contributed by atoms with E-state index < -0.39 is 41.5 Å². The van der Waals surface area contributed by atoms with Gasteiger partial charge in [-0.1, -0.05) is 18.2 Å². The van der Waals surface area contributed by atoms with Crippen molar-refractivity contribution in [2.24, 2.45) is 5.73 Å². The molecular weight excluding hydrogens is 432 g/mol. The number of anilines is 1. The lowest BCUT2D eigenvalue weighted by molar-refractivity contribution is -0.144. The summed E-state index contributed by atoms with van der Waals surface area (Å²) in [5.74, 6) is -3.86. The van der Waals surface area contributed by atoms with Crippen LogP contribution in [0.15, 0.2) is 47.1 Å². The van der Waals surface area contributed by atoms with Gasteiger partial charge in [-0.05, 0) is 26.8 Å². The van der Waals surface area contributed by atoms with Crippen molar-refractivity contribution in [1.29, 1.82) is 0 Å². The summed E-state index contributed by atoms with van der Waals surface area (Å²) in [6.07, 6.45) is -0.500. The van der Waals surface area contributed by atoms with Gasteiger partial charge in [-0.3, -0.25) is 9.59 Å². The molecule has 1 spiro atoms. The van der Waals surface area contributed by atoms with Gasteiger partial charge in [0.15, 0.2) is 0 Å². The highest BCUT2D eigenvalue weighted by Gasteiger charge is 2.63. The number of carbonyl (C=O) groups is 4. The van der Waals surface area contributed by atoms with E-state index in [9.17, 15) is 19.2 Å². The molecule has 10 nitrogen and oxygen atoms in total. The van der Waals surface area contributed by atoms with Gasteiger partial charge in [-0.25, -0.2) is 9.59 Å². The summed E-state index contributed by atoms with van der Waals surface area (Å²) in [6, 6.07) is 6.65. The van der Waals surface area contributed by atoms with Crippen LogP contribution in [0.25, 0.3) is 0 Å². The van der Waals surface area contributed by atoms with Crippen molar-refractivity contribution >= 4 is 29.5 Å². The zero-order valence-electron chi connectivity index (χ0n) is 18.9. The lowest BCUT2D eigenvalue weighted by Gasteiger charge is -2.36. The highest BCUT2D eigenvalue weighted by Crippen LogP contribution is 2.54. The van der Waals surface area contributed by atoms with Crippen molar-refractivity contribution in [2.75, 3.05) is 31.8 Å². The molecule has 0 aromatic heterocycles. The van der Waals surface area contributed by atoms with Gasteiger partial charge >= 0.3 is 17.9 Å². The first-order chi connectivity index (χ1) is 15.7. The predicted molar refractivity (Wildman–Crippen MR) is 115 cm³/mol. The second-order valence-electron chi connectivity index (χ2n) is 7.19. The molecule has 2 N–H and O–H groups in total. The molecule has 0 saturated heterocycles. The topological polar surface area (TPSA) is 134 Å². The Labute approximate surface area is 190 Å². The molecule has 2 heterocycles. The minimum Gasteiger partial charge on any atom is -0.466 e. The van der Waals surface area contributed by atoms with Gasteiger partial charge in [0.25, 0.3) is 0 Å². The first kappa shape index (κ1) is 23.8. The number of nitrogens with two attached hydrogens (primary N) is 1. The second-order valence-corrected chi connectivity index (χ2v) is 7.19. The van der Waals surface area contributed by atoms with E-state index in [0.29, 0.717) is 11.3 Å². The van der Waals surface area contributed by atoms with Gasteiger partial charge in [0.2, 0.25) is 11.8 Å². The van der Waals surface area contributed by atoms with Crippen molar-refractivity contribution in [3.8, 4) is 0 Å². The quantitative estimate of drug-likeness (QED) is 0.476. The normalized spacial score (nSPS) is 19.4. The Bertz CT molecular complexity index is 1070. The number of hydrogen-bond acceptors (Lipinski definition) is 9. The van der Waals surface area contributed by atoms with E-state index in [0.717, 1.165) is 0 Å². The Morgan fingerprint density at radius 2 is 1.55 bits per heavy atom. The molecule has 0 bridgehead atoms. The van der Waals surface area contributed by atoms with Crippen molar-refractivity contribution in [2.45, 2.75) is 32.6 Å². The first-order valence-corrected chi connectivity index (χ1v) is 10.5.